The fourth-order valence-corrected chi connectivity index (χ4v) is 2.77. The number of amides is 1. The van der Waals surface area contributed by atoms with E-state index in [1.54, 1.807) is 12.1 Å². The van der Waals surface area contributed by atoms with Gasteiger partial charge in [0.15, 0.2) is 6.67 Å². The average Bonchev–Trinajstić information content (AvgIpc) is 2.68. The summed E-state index contributed by atoms with van der Waals surface area (Å²) >= 11 is 3.32. The quantitative estimate of drug-likeness (QED) is 0.557. The molecule has 0 radical (unpaired) electrons. The zero-order chi connectivity index (χ0) is 18.4. The third kappa shape index (κ3) is 4.67. The van der Waals surface area contributed by atoms with Crippen LogP contribution in [-0.4, -0.2) is 17.6 Å². The number of hydrogen-bond donors (Lipinski definition) is 2. The van der Waals surface area contributed by atoms with Crippen molar-refractivity contribution in [3.63, 3.8) is 0 Å². The molecule has 0 aliphatic heterocycles. The van der Waals surface area contributed by atoms with Crippen molar-refractivity contribution in [2.24, 2.45) is 0 Å². The SMILES string of the molecule is O=C(CF)Nc1ccccc1-c1cccc(NCc2ccc(Br)nc2)c1. The molecule has 0 saturated heterocycles. The molecule has 0 aliphatic rings. The van der Waals surface area contributed by atoms with Gasteiger partial charge >= 0.3 is 0 Å². The minimum Gasteiger partial charge on any atom is -0.381 e. The number of nitrogens with one attached hydrogen (secondary N) is 2. The number of carbonyl (C=O) groups excluding carboxylic acids is 1. The lowest BCUT2D eigenvalue weighted by atomic mass is 10.0. The molecule has 4 nitrogen and oxygen atoms in total. The molecule has 6 heteroatoms. The zero-order valence-electron chi connectivity index (χ0n) is 13.9. The maximum Gasteiger partial charge on any atom is 0.255 e. The minimum absolute atomic E-state index is 0.587. The van der Waals surface area contributed by atoms with Gasteiger partial charge in [-0.3, -0.25) is 4.79 Å². The van der Waals surface area contributed by atoms with E-state index < -0.39 is 12.6 Å². The topological polar surface area (TPSA) is 54.0 Å². The van der Waals surface area contributed by atoms with E-state index in [9.17, 15) is 9.18 Å². The van der Waals surface area contributed by atoms with Crippen LogP contribution in [0.1, 0.15) is 5.56 Å². The second kappa shape index (κ2) is 8.58. The Hall–Kier alpha value is -2.73. The van der Waals surface area contributed by atoms with Crippen molar-refractivity contribution in [3.8, 4) is 11.1 Å². The fraction of sp³-hybridized carbons (Fsp3) is 0.100. The van der Waals surface area contributed by atoms with Gasteiger partial charge in [-0.1, -0.05) is 36.4 Å². The van der Waals surface area contributed by atoms with Gasteiger partial charge in [-0.05, 0) is 51.3 Å². The molecule has 1 amide bonds. The molecule has 132 valence electrons. The molecule has 3 rings (SSSR count). The van der Waals surface area contributed by atoms with Crippen molar-refractivity contribution >= 4 is 33.2 Å². The first-order valence-corrected chi connectivity index (χ1v) is 8.84. The van der Waals surface area contributed by atoms with E-state index in [2.05, 4.69) is 31.5 Å². The summed E-state index contributed by atoms with van der Waals surface area (Å²) in [5.41, 5.74) is 4.36. The molecule has 1 heterocycles. The Morgan fingerprint density at radius 3 is 2.69 bits per heavy atom. The number of nitrogens with zero attached hydrogens (tertiary/aromatic N) is 1. The lowest BCUT2D eigenvalue weighted by Crippen LogP contribution is -2.13. The molecule has 2 N–H and O–H groups in total. The summed E-state index contributed by atoms with van der Waals surface area (Å²) in [6, 6.07) is 19.1. The summed E-state index contributed by atoms with van der Waals surface area (Å²) in [7, 11) is 0. The maximum atomic E-state index is 12.5. The highest BCUT2D eigenvalue weighted by atomic mass is 79.9. The minimum atomic E-state index is -1.04. The average molecular weight is 414 g/mol. The predicted octanol–water partition coefficient (Wildman–Crippen LogP) is 5.03. The maximum absolute atomic E-state index is 12.5. The van der Waals surface area contributed by atoms with Crippen molar-refractivity contribution in [1.29, 1.82) is 0 Å². The van der Waals surface area contributed by atoms with Gasteiger partial charge in [-0.2, -0.15) is 0 Å². The van der Waals surface area contributed by atoms with Crippen LogP contribution in [0.3, 0.4) is 0 Å². The Morgan fingerprint density at radius 1 is 1.08 bits per heavy atom. The Labute approximate surface area is 159 Å². The van der Waals surface area contributed by atoms with E-state index in [4.69, 9.17) is 0 Å². The Bertz CT molecular complexity index is 900. The van der Waals surface area contributed by atoms with Gasteiger partial charge in [0, 0.05) is 29.7 Å². The summed E-state index contributed by atoms with van der Waals surface area (Å²) in [5.74, 6) is -0.658. The molecule has 0 bridgehead atoms. The number of halogens is 2. The highest BCUT2D eigenvalue weighted by molar-refractivity contribution is 9.10. The second-order valence-corrected chi connectivity index (χ2v) is 6.46. The van der Waals surface area contributed by atoms with Gasteiger partial charge in [0.05, 0.1) is 0 Å². The number of pyridine rings is 1. The molecule has 3 aromatic rings. The molecule has 0 spiro atoms. The van der Waals surface area contributed by atoms with Crippen LogP contribution in [0.4, 0.5) is 15.8 Å². The molecular weight excluding hydrogens is 397 g/mol. The summed E-state index contributed by atoms with van der Waals surface area (Å²) in [6.07, 6.45) is 1.81. The van der Waals surface area contributed by atoms with Crippen LogP contribution in [0, 0.1) is 0 Å². The number of anilines is 2. The van der Waals surface area contributed by atoms with Crippen LogP contribution in [0.25, 0.3) is 11.1 Å². The van der Waals surface area contributed by atoms with Crippen LogP contribution in [0.5, 0.6) is 0 Å². The van der Waals surface area contributed by atoms with Crippen LogP contribution < -0.4 is 10.6 Å². The van der Waals surface area contributed by atoms with E-state index in [1.807, 2.05) is 54.7 Å². The Balaban J connectivity index is 1.79. The molecule has 0 atom stereocenters. The first-order chi connectivity index (χ1) is 12.7. The van der Waals surface area contributed by atoms with E-state index in [0.29, 0.717) is 12.2 Å². The summed E-state index contributed by atoms with van der Waals surface area (Å²) < 4.78 is 13.3. The lowest BCUT2D eigenvalue weighted by molar-refractivity contribution is -0.117. The number of carbonyl (C=O) groups is 1. The zero-order valence-corrected chi connectivity index (χ0v) is 15.5. The molecule has 0 fully saturated rings. The normalized spacial score (nSPS) is 10.4. The summed E-state index contributed by atoms with van der Waals surface area (Å²) in [5, 5.41) is 5.95. The van der Waals surface area contributed by atoms with E-state index >= 15 is 0 Å². The van der Waals surface area contributed by atoms with Crippen molar-refractivity contribution in [2.75, 3.05) is 17.3 Å². The molecule has 26 heavy (non-hydrogen) atoms. The number of para-hydroxylation sites is 1. The summed E-state index contributed by atoms with van der Waals surface area (Å²) in [4.78, 5) is 15.6. The lowest BCUT2D eigenvalue weighted by Gasteiger charge is -2.12. The van der Waals surface area contributed by atoms with Crippen molar-refractivity contribution in [3.05, 3.63) is 77.0 Å². The van der Waals surface area contributed by atoms with Crippen LogP contribution in [0.2, 0.25) is 0 Å². The number of rotatable bonds is 6. The van der Waals surface area contributed by atoms with Gasteiger partial charge in [0.25, 0.3) is 5.91 Å². The molecule has 0 aliphatic carbocycles. The Morgan fingerprint density at radius 2 is 1.92 bits per heavy atom. The third-order valence-corrected chi connectivity index (χ3v) is 4.25. The van der Waals surface area contributed by atoms with E-state index in [-0.39, 0.29) is 0 Å². The number of benzene rings is 2. The third-order valence-electron chi connectivity index (χ3n) is 3.78. The van der Waals surface area contributed by atoms with Gasteiger partial charge in [-0.15, -0.1) is 0 Å². The van der Waals surface area contributed by atoms with Crippen LogP contribution in [-0.2, 0) is 11.3 Å². The molecule has 0 saturated carbocycles. The van der Waals surface area contributed by atoms with Crippen molar-refractivity contribution < 1.29 is 9.18 Å². The standard InChI is InChI=1S/C20H17BrFN3O/c21-19-9-8-14(13-24-19)12-23-16-5-3-4-15(10-16)17-6-1-2-7-18(17)25-20(26)11-22/h1-10,13,23H,11-12H2,(H,25,26). The van der Waals surface area contributed by atoms with Gasteiger partial charge in [0.2, 0.25) is 0 Å². The molecule has 1 aromatic heterocycles. The van der Waals surface area contributed by atoms with E-state index in [0.717, 1.165) is 27.0 Å². The highest BCUT2D eigenvalue weighted by Gasteiger charge is 2.08. The number of aromatic nitrogens is 1. The summed E-state index contributed by atoms with van der Waals surface area (Å²) in [6.45, 7) is -0.402. The van der Waals surface area contributed by atoms with Crippen LogP contribution >= 0.6 is 15.9 Å². The van der Waals surface area contributed by atoms with Crippen LogP contribution in [0.15, 0.2) is 71.5 Å². The number of hydrogen-bond acceptors (Lipinski definition) is 3. The Kier molecular flexibility index (Phi) is 5.96. The fourth-order valence-electron chi connectivity index (χ4n) is 2.54. The largest absolute Gasteiger partial charge is 0.381 e. The number of alkyl halides is 1. The van der Waals surface area contributed by atoms with Gasteiger partial charge in [-0.25, -0.2) is 9.37 Å². The second-order valence-electron chi connectivity index (χ2n) is 5.65. The predicted molar refractivity (Wildman–Crippen MR) is 106 cm³/mol. The van der Waals surface area contributed by atoms with Crippen molar-refractivity contribution in [1.82, 2.24) is 4.98 Å². The highest BCUT2D eigenvalue weighted by Crippen LogP contribution is 2.29. The van der Waals surface area contributed by atoms with E-state index in [1.165, 1.54) is 0 Å². The molecule has 2 aromatic carbocycles. The van der Waals surface area contributed by atoms with Gasteiger partial charge < -0.3 is 10.6 Å². The molecular formula is C20H17BrFN3O. The van der Waals surface area contributed by atoms with Crippen molar-refractivity contribution in [2.45, 2.75) is 6.54 Å². The first kappa shape index (κ1) is 18.1. The first-order valence-electron chi connectivity index (χ1n) is 8.05. The smallest absolute Gasteiger partial charge is 0.255 e. The molecule has 0 unspecified atom stereocenters. The van der Waals surface area contributed by atoms with Gasteiger partial charge in [0.1, 0.15) is 4.60 Å². The monoisotopic (exact) mass is 413 g/mol.